The summed E-state index contributed by atoms with van der Waals surface area (Å²) in [5.41, 5.74) is 7.36. The maximum absolute atomic E-state index is 14.1. The molecule has 2 unspecified atom stereocenters. The lowest BCUT2D eigenvalue weighted by molar-refractivity contribution is -0.141. The molecular weight excluding hydrogens is 520 g/mol. The average molecular weight is 559 g/mol. The van der Waals surface area contributed by atoms with E-state index in [9.17, 15) is 19.2 Å². The average Bonchev–Trinajstić information content (AvgIpc) is 2.87. The minimum absolute atomic E-state index is 0.0479. The predicted molar refractivity (Wildman–Crippen MR) is 160 cm³/mol. The van der Waals surface area contributed by atoms with Gasteiger partial charge in [0, 0.05) is 12.2 Å². The third-order valence-electron chi connectivity index (χ3n) is 6.40. The summed E-state index contributed by atoms with van der Waals surface area (Å²) in [5, 5.41) is 7.39. The second-order valence-electron chi connectivity index (χ2n) is 10.9. The van der Waals surface area contributed by atoms with E-state index in [1.54, 1.807) is 26.8 Å². The largest absolute Gasteiger partial charge is 0.444 e. The Morgan fingerprint density at radius 2 is 1.61 bits per heavy atom. The van der Waals surface area contributed by atoms with Crippen LogP contribution in [-0.2, 0) is 19.1 Å². The highest BCUT2D eigenvalue weighted by Gasteiger charge is 2.37. The molecule has 0 spiro atoms. The molecule has 0 aliphatic carbocycles. The molecule has 4 amide bonds. The molecule has 0 aliphatic rings. The number of amides is 4. The first-order valence-electron chi connectivity index (χ1n) is 13.4. The number of hydrogen-bond donors (Lipinski definition) is 3. The SMILES string of the molecule is C=CCN(C(=O)C(CC(N)=O)NC(=O)OC(C)(C)C)C(C(=O)Nc1ccc2ccccc2c1)c1c(C)cccc1C. The molecule has 9 nitrogen and oxygen atoms in total. The molecule has 3 rings (SSSR count). The Kier molecular flexibility index (Phi) is 9.89. The van der Waals surface area contributed by atoms with Crippen molar-refractivity contribution in [2.24, 2.45) is 5.73 Å². The van der Waals surface area contributed by atoms with E-state index in [1.807, 2.05) is 68.4 Å². The molecule has 41 heavy (non-hydrogen) atoms. The number of nitrogens with zero attached hydrogens (tertiary/aromatic N) is 1. The molecule has 0 aliphatic heterocycles. The monoisotopic (exact) mass is 558 g/mol. The summed E-state index contributed by atoms with van der Waals surface area (Å²) in [6.45, 7) is 12.5. The van der Waals surface area contributed by atoms with E-state index in [-0.39, 0.29) is 6.54 Å². The summed E-state index contributed by atoms with van der Waals surface area (Å²) >= 11 is 0. The van der Waals surface area contributed by atoms with Crippen LogP contribution in [0.4, 0.5) is 10.5 Å². The van der Waals surface area contributed by atoms with Crippen molar-refractivity contribution in [3.8, 4) is 0 Å². The van der Waals surface area contributed by atoms with Gasteiger partial charge in [0.15, 0.2) is 0 Å². The zero-order valence-corrected chi connectivity index (χ0v) is 24.2. The number of primary amides is 1. The van der Waals surface area contributed by atoms with Crippen LogP contribution in [0.1, 0.15) is 49.9 Å². The topological polar surface area (TPSA) is 131 Å². The highest BCUT2D eigenvalue weighted by atomic mass is 16.6. The van der Waals surface area contributed by atoms with Crippen molar-refractivity contribution in [3.63, 3.8) is 0 Å². The summed E-state index contributed by atoms with van der Waals surface area (Å²) in [7, 11) is 0. The third kappa shape index (κ3) is 8.17. The molecule has 3 aromatic carbocycles. The first-order valence-corrected chi connectivity index (χ1v) is 13.4. The number of aryl methyl sites for hydroxylation is 2. The number of hydrogen-bond acceptors (Lipinski definition) is 5. The molecule has 4 N–H and O–H groups in total. The number of carbonyl (C=O) groups is 4. The molecule has 0 saturated heterocycles. The maximum atomic E-state index is 14.1. The number of nitrogens with two attached hydrogens (primary N) is 1. The Morgan fingerprint density at radius 3 is 2.20 bits per heavy atom. The van der Waals surface area contributed by atoms with E-state index in [0.29, 0.717) is 11.3 Å². The van der Waals surface area contributed by atoms with Gasteiger partial charge >= 0.3 is 6.09 Å². The van der Waals surface area contributed by atoms with Crippen molar-refractivity contribution in [3.05, 3.63) is 90.0 Å². The van der Waals surface area contributed by atoms with Crippen molar-refractivity contribution in [1.82, 2.24) is 10.2 Å². The zero-order valence-electron chi connectivity index (χ0n) is 24.2. The summed E-state index contributed by atoms with van der Waals surface area (Å²) in [6, 6.07) is 16.4. The van der Waals surface area contributed by atoms with E-state index in [1.165, 1.54) is 11.0 Å². The number of fused-ring (bicyclic) bond motifs is 1. The zero-order chi connectivity index (χ0) is 30.3. The number of rotatable bonds is 10. The van der Waals surface area contributed by atoms with E-state index in [0.717, 1.165) is 21.9 Å². The van der Waals surface area contributed by atoms with Crippen molar-refractivity contribution in [1.29, 1.82) is 0 Å². The fraction of sp³-hybridized carbons (Fsp3) is 0.312. The Hall–Kier alpha value is -4.66. The lowest BCUT2D eigenvalue weighted by Crippen LogP contribution is -2.53. The molecule has 2 atom stereocenters. The van der Waals surface area contributed by atoms with Crippen molar-refractivity contribution in [2.75, 3.05) is 11.9 Å². The lowest BCUT2D eigenvalue weighted by Gasteiger charge is -2.35. The van der Waals surface area contributed by atoms with E-state index >= 15 is 0 Å². The van der Waals surface area contributed by atoms with Crippen LogP contribution in [0.5, 0.6) is 0 Å². The quantitative estimate of drug-likeness (QED) is 0.304. The smallest absolute Gasteiger partial charge is 0.408 e. The van der Waals surface area contributed by atoms with Crippen LogP contribution < -0.4 is 16.4 Å². The lowest BCUT2D eigenvalue weighted by atomic mass is 9.93. The Morgan fingerprint density at radius 1 is 0.976 bits per heavy atom. The summed E-state index contributed by atoms with van der Waals surface area (Å²) in [6.07, 6.45) is 0.105. The van der Waals surface area contributed by atoms with Gasteiger partial charge in [-0.05, 0) is 74.2 Å². The normalized spacial score (nSPS) is 12.6. The van der Waals surface area contributed by atoms with Gasteiger partial charge in [0.2, 0.25) is 11.8 Å². The van der Waals surface area contributed by atoms with Crippen LogP contribution in [0.15, 0.2) is 73.3 Å². The molecule has 3 aromatic rings. The second kappa shape index (κ2) is 13.1. The fourth-order valence-corrected chi connectivity index (χ4v) is 4.68. The molecule has 9 heteroatoms. The minimum Gasteiger partial charge on any atom is -0.444 e. The Labute approximate surface area is 240 Å². The predicted octanol–water partition coefficient (Wildman–Crippen LogP) is 4.92. The van der Waals surface area contributed by atoms with Crippen molar-refractivity contribution in [2.45, 2.75) is 58.7 Å². The Bertz CT molecular complexity index is 1440. The Balaban J connectivity index is 2.07. The molecule has 216 valence electrons. The van der Waals surface area contributed by atoms with Crippen LogP contribution in [0, 0.1) is 13.8 Å². The summed E-state index contributed by atoms with van der Waals surface area (Å²) < 4.78 is 5.31. The van der Waals surface area contributed by atoms with Crippen LogP contribution in [0.25, 0.3) is 10.8 Å². The molecule has 0 saturated carbocycles. The van der Waals surface area contributed by atoms with Gasteiger partial charge in [-0.3, -0.25) is 14.4 Å². The number of benzene rings is 3. The van der Waals surface area contributed by atoms with Gasteiger partial charge in [-0.1, -0.05) is 54.6 Å². The van der Waals surface area contributed by atoms with E-state index in [4.69, 9.17) is 10.5 Å². The third-order valence-corrected chi connectivity index (χ3v) is 6.40. The van der Waals surface area contributed by atoms with Crippen LogP contribution >= 0.6 is 0 Å². The van der Waals surface area contributed by atoms with Crippen LogP contribution in [0.2, 0.25) is 0 Å². The van der Waals surface area contributed by atoms with Gasteiger partial charge in [0.05, 0.1) is 6.42 Å². The van der Waals surface area contributed by atoms with Crippen LogP contribution in [0.3, 0.4) is 0 Å². The van der Waals surface area contributed by atoms with Gasteiger partial charge in [-0.25, -0.2) is 4.79 Å². The van der Waals surface area contributed by atoms with E-state index < -0.39 is 47.9 Å². The van der Waals surface area contributed by atoms with Gasteiger partial charge in [0.1, 0.15) is 17.7 Å². The van der Waals surface area contributed by atoms with Gasteiger partial charge in [0.25, 0.3) is 5.91 Å². The first kappa shape index (κ1) is 30.9. The minimum atomic E-state index is -1.37. The molecule has 0 aromatic heterocycles. The molecule has 0 heterocycles. The highest BCUT2D eigenvalue weighted by Crippen LogP contribution is 2.30. The first-order chi connectivity index (χ1) is 19.3. The number of nitrogens with one attached hydrogen (secondary N) is 2. The summed E-state index contributed by atoms with van der Waals surface area (Å²) in [4.78, 5) is 54.0. The van der Waals surface area contributed by atoms with Gasteiger partial charge < -0.3 is 26.0 Å². The van der Waals surface area contributed by atoms with Crippen LogP contribution in [-0.4, -0.2) is 46.9 Å². The number of carbonyl (C=O) groups excluding carboxylic acids is 4. The number of ether oxygens (including phenoxy) is 1. The van der Waals surface area contributed by atoms with Crippen molar-refractivity contribution < 1.29 is 23.9 Å². The molecular formula is C32H38N4O5. The van der Waals surface area contributed by atoms with Crippen molar-refractivity contribution >= 4 is 40.3 Å². The fourth-order valence-electron chi connectivity index (χ4n) is 4.68. The van der Waals surface area contributed by atoms with E-state index in [2.05, 4.69) is 17.2 Å². The molecule has 0 bridgehead atoms. The number of alkyl carbamates (subject to hydrolysis) is 1. The second-order valence-corrected chi connectivity index (χ2v) is 10.9. The summed E-state index contributed by atoms with van der Waals surface area (Å²) in [5.74, 6) is -1.96. The molecule has 0 radical (unpaired) electrons. The highest BCUT2D eigenvalue weighted by molar-refractivity contribution is 6.01. The maximum Gasteiger partial charge on any atom is 0.408 e. The molecule has 0 fully saturated rings. The number of anilines is 1. The van der Waals surface area contributed by atoms with Gasteiger partial charge in [-0.15, -0.1) is 6.58 Å². The van der Waals surface area contributed by atoms with Gasteiger partial charge in [-0.2, -0.15) is 0 Å². The standard InChI is InChI=1S/C32H38N4O5/c1-7-17-36(30(39)25(19-26(33)37)35-31(40)41-32(4,5)6)28(27-20(2)11-10-12-21(27)3)29(38)34-24-16-15-22-13-8-9-14-23(22)18-24/h7-16,18,25,28H,1,17,19H2,2-6H3,(H2,33,37)(H,34,38)(H,35,40).